The molecular weight excluding hydrogens is 288 g/mol. The third-order valence-corrected chi connectivity index (χ3v) is 3.23. The number of nitrogens with one attached hydrogen (secondary N) is 3. The van der Waals surface area contributed by atoms with Gasteiger partial charge >= 0.3 is 0 Å². The normalized spacial score (nSPS) is 10.8. The van der Waals surface area contributed by atoms with Crippen molar-refractivity contribution in [2.45, 2.75) is 13.5 Å². The molecule has 0 radical (unpaired) electrons. The molecule has 0 atom stereocenters. The first-order chi connectivity index (χ1) is 10.3. The number of fused-ring (bicyclic) bond motifs is 1. The monoisotopic (exact) mass is 302 g/mol. The standard InChI is InChI=1S/C14H15ClN6/c1-2-16-14-19-12(11-8-18-21-13(11)20-14)17-7-9-4-3-5-10(15)6-9/h3-6,8H,2,7H2,1H3,(H3,16,17,18,19,20,21). The maximum Gasteiger partial charge on any atom is 0.226 e. The molecule has 0 saturated heterocycles. The van der Waals surface area contributed by atoms with Crippen LogP contribution >= 0.6 is 11.6 Å². The molecular formula is C14H15ClN6. The molecule has 0 aliphatic heterocycles. The molecule has 0 fully saturated rings. The minimum Gasteiger partial charge on any atom is -0.365 e. The molecule has 3 N–H and O–H groups in total. The van der Waals surface area contributed by atoms with E-state index in [0.717, 1.165) is 28.3 Å². The number of aromatic nitrogens is 4. The smallest absolute Gasteiger partial charge is 0.226 e. The summed E-state index contributed by atoms with van der Waals surface area (Å²) in [4.78, 5) is 8.83. The van der Waals surface area contributed by atoms with Crippen LogP contribution < -0.4 is 10.6 Å². The van der Waals surface area contributed by atoms with Gasteiger partial charge in [0, 0.05) is 18.1 Å². The number of anilines is 2. The average Bonchev–Trinajstić information content (AvgIpc) is 2.93. The summed E-state index contributed by atoms with van der Waals surface area (Å²) in [6, 6.07) is 7.72. The number of aromatic amines is 1. The number of hydrogen-bond acceptors (Lipinski definition) is 5. The van der Waals surface area contributed by atoms with Crippen LogP contribution in [0.15, 0.2) is 30.5 Å². The Kier molecular flexibility index (Phi) is 3.87. The van der Waals surface area contributed by atoms with Crippen LogP contribution in [0.25, 0.3) is 11.0 Å². The highest BCUT2D eigenvalue weighted by atomic mass is 35.5. The van der Waals surface area contributed by atoms with Crippen LogP contribution in [-0.2, 0) is 6.54 Å². The van der Waals surface area contributed by atoms with E-state index >= 15 is 0 Å². The van der Waals surface area contributed by atoms with Gasteiger partial charge in [-0.05, 0) is 24.6 Å². The Hall–Kier alpha value is -2.34. The van der Waals surface area contributed by atoms with E-state index in [0.29, 0.717) is 18.1 Å². The lowest BCUT2D eigenvalue weighted by atomic mass is 10.2. The fourth-order valence-corrected chi connectivity index (χ4v) is 2.25. The number of halogens is 1. The quantitative estimate of drug-likeness (QED) is 0.675. The second kappa shape index (κ2) is 5.97. The van der Waals surface area contributed by atoms with Crippen molar-refractivity contribution in [3.8, 4) is 0 Å². The molecule has 108 valence electrons. The Bertz CT molecular complexity index is 754. The summed E-state index contributed by atoms with van der Waals surface area (Å²) in [5.41, 5.74) is 1.79. The van der Waals surface area contributed by atoms with Gasteiger partial charge in [-0.3, -0.25) is 5.10 Å². The Morgan fingerprint density at radius 3 is 2.95 bits per heavy atom. The van der Waals surface area contributed by atoms with Crippen molar-refractivity contribution in [2.24, 2.45) is 0 Å². The molecule has 2 aromatic heterocycles. The summed E-state index contributed by atoms with van der Waals surface area (Å²) in [5.74, 6) is 1.31. The highest BCUT2D eigenvalue weighted by Crippen LogP contribution is 2.21. The number of hydrogen-bond donors (Lipinski definition) is 3. The van der Waals surface area contributed by atoms with Crippen LogP contribution in [0.3, 0.4) is 0 Å². The molecule has 0 aliphatic rings. The summed E-state index contributed by atoms with van der Waals surface area (Å²) >= 11 is 5.99. The summed E-state index contributed by atoms with van der Waals surface area (Å²) in [6.45, 7) is 3.39. The largest absolute Gasteiger partial charge is 0.365 e. The Balaban J connectivity index is 1.86. The minimum atomic E-state index is 0.572. The highest BCUT2D eigenvalue weighted by molar-refractivity contribution is 6.30. The zero-order valence-corrected chi connectivity index (χ0v) is 12.3. The molecule has 6 nitrogen and oxygen atoms in total. The molecule has 0 saturated carbocycles. The van der Waals surface area contributed by atoms with Gasteiger partial charge in [0.15, 0.2) is 5.65 Å². The second-order valence-electron chi connectivity index (χ2n) is 4.54. The Morgan fingerprint density at radius 2 is 2.14 bits per heavy atom. The van der Waals surface area contributed by atoms with Gasteiger partial charge in [0.1, 0.15) is 5.82 Å². The summed E-state index contributed by atoms with van der Waals surface area (Å²) < 4.78 is 0. The van der Waals surface area contributed by atoms with Crippen molar-refractivity contribution < 1.29 is 0 Å². The lowest BCUT2D eigenvalue weighted by Crippen LogP contribution is -2.07. The maximum absolute atomic E-state index is 5.99. The van der Waals surface area contributed by atoms with E-state index in [1.54, 1.807) is 6.20 Å². The van der Waals surface area contributed by atoms with Crippen molar-refractivity contribution >= 4 is 34.4 Å². The highest BCUT2D eigenvalue weighted by Gasteiger charge is 2.09. The maximum atomic E-state index is 5.99. The first kappa shape index (κ1) is 13.6. The molecule has 0 aliphatic carbocycles. The van der Waals surface area contributed by atoms with Crippen molar-refractivity contribution in [1.29, 1.82) is 0 Å². The number of nitrogens with zero attached hydrogens (tertiary/aromatic N) is 3. The van der Waals surface area contributed by atoms with Crippen LogP contribution in [-0.4, -0.2) is 26.7 Å². The van der Waals surface area contributed by atoms with Gasteiger partial charge in [0.25, 0.3) is 0 Å². The van der Waals surface area contributed by atoms with Gasteiger partial charge in [0.05, 0.1) is 11.6 Å². The zero-order chi connectivity index (χ0) is 14.7. The number of benzene rings is 1. The molecule has 3 aromatic rings. The van der Waals surface area contributed by atoms with Gasteiger partial charge in [-0.25, -0.2) is 0 Å². The Morgan fingerprint density at radius 1 is 1.24 bits per heavy atom. The lowest BCUT2D eigenvalue weighted by molar-refractivity contribution is 1.06. The molecule has 3 rings (SSSR count). The van der Waals surface area contributed by atoms with E-state index in [2.05, 4.69) is 30.8 Å². The zero-order valence-electron chi connectivity index (χ0n) is 11.5. The van der Waals surface area contributed by atoms with Gasteiger partial charge in [-0.1, -0.05) is 23.7 Å². The average molecular weight is 303 g/mol. The van der Waals surface area contributed by atoms with Gasteiger partial charge in [0.2, 0.25) is 5.95 Å². The van der Waals surface area contributed by atoms with Crippen LogP contribution in [0.2, 0.25) is 5.02 Å². The summed E-state index contributed by atoms with van der Waals surface area (Å²) in [5, 5.41) is 14.9. The van der Waals surface area contributed by atoms with Crippen LogP contribution in [0.4, 0.5) is 11.8 Å². The van der Waals surface area contributed by atoms with Crippen LogP contribution in [0.1, 0.15) is 12.5 Å². The second-order valence-corrected chi connectivity index (χ2v) is 4.98. The van der Waals surface area contributed by atoms with E-state index in [1.165, 1.54) is 0 Å². The SMILES string of the molecule is CCNc1nc(NCc2cccc(Cl)c2)c2cn[nH]c2n1. The van der Waals surface area contributed by atoms with Gasteiger partial charge in [-0.15, -0.1) is 0 Å². The molecule has 7 heteroatoms. The molecule has 21 heavy (non-hydrogen) atoms. The number of H-pyrrole nitrogens is 1. The lowest BCUT2D eigenvalue weighted by Gasteiger charge is -2.09. The van der Waals surface area contributed by atoms with Gasteiger partial charge < -0.3 is 10.6 Å². The van der Waals surface area contributed by atoms with Gasteiger partial charge in [-0.2, -0.15) is 15.1 Å². The van der Waals surface area contributed by atoms with Crippen molar-refractivity contribution in [2.75, 3.05) is 17.2 Å². The molecule has 1 aromatic carbocycles. The van der Waals surface area contributed by atoms with Crippen molar-refractivity contribution in [1.82, 2.24) is 20.2 Å². The molecule has 0 amide bonds. The van der Waals surface area contributed by atoms with Crippen molar-refractivity contribution in [3.05, 3.63) is 41.0 Å². The molecule has 0 unspecified atom stereocenters. The third kappa shape index (κ3) is 3.05. The molecule has 0 spiro atoms. The van der Waals surface area contributed by atoms with E-state index < -0.39 is 0 Å². The third-order valence-electron chi connectivity index (χ3n) is 2.99. The topological polar surface area (TPSA) is 78.5 Å². The van der Waals surface area contributed by atoms with E-state index in [4.69, 9.17) is 11.6 Å². The Labute approximate surface area is 127 Å². The van der Waals surface area contributed by atoms with Crippen LogP contribution in [0, 0.1) is 0 Å². The summed E-state index contributed by atoms with van der Waals surface area (Å²) in [7, 11) is 0. The predicted molar refractivity (Wildman–Crippen MR) is 84.6 cm³/mol. The first-order valence-electron chi connectivity index (χ1n) is 6.69. The minimum absolute atomic E-state index is 0.572. The predicted octanol–water partition coefficient (Wildman–Crippen LogP) is 3.05. The molecule has 2 heterocycles. The summed E-state index contributed by atoms with van der Waals surface area (Å²) in [6.07, 6.45) is 1.71. The number of rotatable bonds is 5. The fraction of sp³-hybridized carbons (Fsp3) is 0.214. The molecule has 0 bridgehead atoms. The van der Waals surface area contributed by atoms with E-state index in [-0.39, 0.29) is 0 Å². The fourth-order valence-electron chi connectivity index (χ4n) is 2.04. The van der Waals surface area contributed by atoms with E-state index in [9.17, 15) is 0 Å². The first-order valence-corrected chi connectivity index (χ1v) is 7.07. The van der Waals surface area contributed by atoms with Crippen molar-refractivity contribution in [3.63, 3.8) is 0 Å². The van der Waals surface area contributed by atoms with E-state index in [1.807, 2.05) is 31.2 Å². The van der Waals surface area contributed by atoms with Crippen LogP contribution in [0.5, 0.6) is 0 Å².